The number of carbonyl (C=O) groups is 1. The quantitative estimate of drug-likeness (QED) is 0.223. The Morgan fingerprint density at radius 1 is 0.974 bits per heavy atom. The third kappa shape index (κ3) is 5.18. The molecule has 0 atom stereocenters. The summed E-state index contributed by atoms with van der Waals surface area (Å²) >= 11 is 3.55. The van der Waals surface area contributed by atoms with E-state index in [-0.39, 0.29) is 22.8 Å². The van der Waals surface area contributed by atoms with Crippen LogP contribution in [0.3, 0.4) is 0 Å². The zero-order valence-electron chi connectivity index (χ0n) is 20.4. The van der Waals surface area contributed by atoms with E-state index in [0.717, 1.165) is 20.8 Å². The first kappa shape index (κ1) is 26.0. The number of nitrogens with two attached hydrogens (primary N) is 1. The molecule has 2 N–H and O–H groups in total. The molecule has 0 aliphatic rings. The van der Waals surface area contributed by atoms with Gasteiger partial charge in [-0.15, -0.1) is 0 Å². The van der Waals surface area contributed by atoms with E-state index in [1.54, 1.807) is 43.3 Å². The molecule has 38 heavy (non-hydrogen) atoms. The van der Waals surface area contributed by atoms with E-state index >= 15 is 4.39 Å². The summed E-state index contributed by atoms with van der Waals surface area (Å²) in [4.78, 5) is 13.3. The van der Waals surface area contributed by atoms with Gasteiger partial charge in [-0.05, 0) is 65.6 Å². The number of sulfonamides is 1. The van der Waals surface area contributed by atoms with Crippen molar-refractivity contribution in [2.45, 2.75) is 24.7 Å². The molecule has 0 saturated carbocycles. The maximum atomic E-state index is 15.0. The van der Waals surface area contributed by atoms with Gasteiger partial charge in [-0.2, -0.15) is 5.10 Å². The van der Waals surface area contributed by atoms with Crippen LogP contribution in [-0.4, -0.2) is 24.0 Å². The van der Waals surface area contributed by atoms with Gasteiger partial charge in [0.2, 0.25) is 10.0 Å². The molecule has 0 aliphatic heterocycles. The Kier molecular flexibility index (Phi) is 7.00. The van der Waals surface area contributed by atoms with Gasteiger partial charge in [0, 0.05) is 16.5 Å². The molecule has 0 spiro atoms. The largest absolute Gasteiger partial charge is 0.292 e. The number of hydrogen-bond donors (Lipinski definition) is 1. The average Bonchev–Trinajstić information content (AvgIpc) is 3.28. The van der Waals surface area contributed by atoms with Gasteiger partial charge in [-0.1, -0.05) is 70.5 Å². The number of fused-ring (bicyclic) bond motifs is 1. The highest BCUT2D eigenvalue weighted by molar-refractivity contribution is 9.10. The van der Waals surface area contributed by atoms with Crippen LogP contribution in [0.25, 0.3) is 27.6 Å². The summed E-state index contributed by atoms with van der Waals surface area (Å²) in [5, 5.41) is 11.4. The standard InChI is InChI=1S/C29H23BrFN3O3S/c1-18-14-27(34(33-18)26-17-21-7-3-2-6-20(21)16-25(26)31)28(35)13-12-19-10-11-22(15-24(19)30)23-8-4-5-9-29(23)38(32,36)37/h2-11,14-17H,12-13H2,1H3,(H2,32,36,37). The van der Waals surface area contributed by atoms with Crippen LogP contribution in [-0.2, 0) is 16.4 Å². The third-order valence-electron chi connectivity index (χ3n) is 6.34. The van der Waals surface area contributed by atoms with Crippen LogP contribution < -0.4 is 5.14 Å². The van der Waals surface area contributed by atoms with Crippen molar-refractivity contribution in [1.29, 1.82) is 0 Å². The van der Waals surface area contributed by atoms with Gasteiger partial charge < -0.3 is 0 Å². The number of aryl methyl sites for hydroxylation is 2. The van der Waals surface area contributed by atoms with E-state index < -0.39 is 15.8 Å². The second kappa shape index (κ2) is 10.2. The fraction of sp³-hybridized carbons (Fsp3) is 0.103. The molecular formula is C29H23BrFN3O3S. The lowest BCUT2D eigenvalue weighted by Gasteiger charge is -2.12. The summed E-state index contributed by atoms with van der Waals surface area (Å²) in [5.74, 6) is -0.632. The molecule has 4 aromatic carbocycles. The molecule has 6 nitrogen and oxygen atoms in total. The number of rotatable bonds is 7. The predicted molar refractivity (Wildman–Crippen MR) is 149 cm³/mol. The van der Waals surface area contributed by atoms with Crippen LogP contribution in [0.15, 0.2) is 94.3 Å². The molecule has 0 fully saturated rings. The number of ketones is 1. The van der Waals surface area contributed by atoms with Crippen LogP contribution in [0.5, 0.6) is 0 Å². The Bertz CT molecular complexity index is 1820. The number of benzene rings is 4. The number of primary sulfonamides is 1. The molecule has 1 heterocycles. The van der Waals surface area contributed by atoms with E-state index in [2.05, 4.69) is 21.0 Å². The van der Waals surface area contributed by atoms with Gasteiger partial charge in [0.05, 0.1) is 10.6 Å². The second-order valence-corrected chi connectivity index (χ2v) is 11.4. The Morgan fingerprint density at radius 3 is 2.37 bits per heavy atom. The van der Waals surface area contributed by atoms with Crippen LogP contribution >= 0.6 is 15.9 Å². The number of carbonyl (C=O) groups excluding carboxylic acids is 1. The summed E-state index contributed by atoms with van der Waals surface area (Å²) in [6, 6.07) is 24.2. The molecular weight excluding hydrogens is 569 g/mol. The molecule has 9 heteroatoms. The SMILES string of the molecule is Cc1cc(C(=O)CCc2ccc(-c3ccccc3S(N)(=O)=O)cc2Br)n(-c2cc3ccccc3cc2F)n1. The molecule has 5 rings (SSSR count). The molecule has 0 bridgehead atoms. The molecule has 1 aromatic heterocycles. The first-order chi connectivity index (χ1) is 18.1. The second-order valence-electron chi connectivity index (χ2n) is 9.00. The number of Topliss-reactive ketones (excluding diaryl/α,β-unsaturated/α-hetero) is 1. The van der Waals surface area contributed by atoms with Gasteiger partial charge in [0.1, 0.15) is 17.2 Å². The van der Waals surface area contributed by atoms with Gasteiger partial charge >= 0.3 is 0 Å². The minimum Gasteiger partial charge on any atom is -0.292 e. The van der Waals surface area contributed by atoms with Crippen LogP contribution in [0, 0.1) is 12.7 Å². The van der Waals surface area contributed by atoms with Crippen LogP contribution in [0.2, 0.25) is 0 Å². The molecule has 0 radical (unpaired) electrons. The van der Waals surface area contributed by atoms with Crippen molar-refractivity contribution in [2.75, 3.05) is 0 Å². The number of nitrogens with zero attached hydrogens (tertiary/aromatic N) is 2. The van der Waals surface area contributed by atoms with Crippen molar-refractivity contribution in [2.24, 2.45) is 5.14 Å². The van der Waals surface area contributed by atoms with Crippen LogP contribution in [0.4, 0.5) is 4.39 Å². The first-order valence-electron chi connectivity index (χ1n) is 11.8. The van der Waals surface area contributed by atoms with Crippen LogP contribution in [0.1, 0.15) is 28.2 Å². The predicted octanol–water partition coefficient (Wildman–Crippen LogP) is 6.37. The Balaban J connectivity index is 1.40. The highest BCUT2D eigenvalue weighted by Gasteiger charge is 2.20. The van der Waals surface area contributed by atoms with E-state index in [1.165, 1.54) is 16.8 Å². The highest BCUT2D eigenvalue weighted by Crippen LogP contribution is 2.31. The minimum absolute atomic E-state index is 0.0411. The van der Waals surface area contributed by atoms with E-state index in [0.29, 0.717) is 28.9 Å². The minimum atomic E-state index is -3.89. The summed E-state index contributed by atoms with van der Waals surface area (Å²) in [7, 11) is -3.89. The molecule has 192 valence electrons. The lowest BCUT2D eigenvalue weighted by molar-refractivity contribution is 0.0975. The maximum Gasteiger partial charge on any atom is 0.238 e. The smallest absolute Gasteiger partial charge is 0.238 e. The lowest BCUT2D eigenvalue weighted by atomic mass is 10.0. The Hall–Kier alpha value is -3.66. The molecule has 5 aromatic rings. The zero-order valence-corrected chi connectivity index (χ0v) is 22.8. The topological polar surface area (TPSA) is 95.0 Å². The van der Waals surface area contributed by atoms with E-state index in [9.17, 15) is 13.2 Å². The third-order valence-corrected chi connectivity index (χ3v) is 8.05. The lowest BCUT2D eigenvalue weighted by Crippen LogP contribution is -2.13. The van der Waals surface area contributed by atoms with Crippen molar-refractivity contribution >= 4 is 42.5 Å². The maximum absolute atomic E-state index is 15.0. The normalized spacial score (nSPS) is 11.7. The fourth-order valence-corrected chi connectivity index (χ4v) is 5.83. The van der Waals surface area contributed by atoms with E-state index in [4.69, 9.17) is 5.14 Å². The molecule has 0 saturated heterocycles. The van der Waals surface area contributed by atoms with Gasteiger partial charge in [-0.25, -0.2) is 22.6 Å². The molecule has 0 amide bonds. The molecule has 0 aliphatic carbocycles. The summed E-state index contributed by atoms with van der Waals surface area (Å²) in [5.41, 5.74) is 3.19. The van der Waals surface area contributed by atoms with Gasteiger partial charge in [-0.3, -0.25) is 4.79 Å². The number of hydrogen-bond acceptors (Lipinski definition) is 4. The number of aromatic nitrogens is 2. The van der Waals surface area contributed by atoms with Crippen molar-refractivity contribution in [3.8, 4) is 16.8 Å². The summed E-state index contributed by atoms with van der Waals surface area (Å²) in [6.45, 7) is 1.76. The van der Waals surface area contributed by atoms with Gasteiger partial charge in [0.15, 0.2) is 5.78 Å². The summed E-state index contributed by atoms with van der Waals surface area (Å²) in [6.07, 6.45) is 0.590. The monoisotopic (exact) mass is 591 g/mol. The zero-order chi connectivity index (χ0) is 27.0. The first-order valence-corrected chi connectivity index (χ1v) is 14.1. The van der Waals surface area contributed by atoms with Crippen molar-refractivity contribution in [3.63, 3.8) is 0 Å². The number of halogens is 2. The van der Waals surface area contributed by atoms with Crippen molar-refractivity contribution < 1.29 is 17.6 Å². The average molecular weight is 592 g/mol. The summed E-state index contributed by atoms with van der Waals surface area (Å²) < 4.78 is 41.1. The Morgan fingerprint density at radius 2 is 1.66 bits per heavy atom. The highest BCUT2D eigenvalue weighted by atomic mass is 79.9. The fourth-order valence-electron chi connectivity index (χ4n) is 4.49. The van der Waals surface area contributed by atoms with Crippen molar-refractivity contribution in [3.05, 3.63) is 112 Å². The van der Waals surface area contributed by atoms with Crippen molar-refractivity contribution in [1.82, 2.24) is 9.78 Å². The van der Waals surface area contributed by atoms with E-state index in [1.807, 2.05) is 36.4 Å². The Labute approximate surface area is 228 Å². The molecule has 0 unspecified atom stereocenters. The van der Waals surface area contributed by atoms with Gasteiger partial charge in [0.25, 0.3) is 0 Å².